The van der Waals surface area contributed by atoms with Gasteiger partial charge in [0.15, 0.2) is 0 Å². The first-order valence-corrected chi connectivity index (χ1v) is 10.7. The van der Waals surface area contributed by atoms with Crippen LogP contribution in [0.1, 0.15) is 34.6 Å². The van der Waals surface area contributed by atoms with Crippen LogP contribution in [-0.2, 0) is 9.59 Å². The molecule has 0 saturated heterocycles. The first-order chi connectivity index (χ1) is 6.45. The molecule has 3 nitrogen and oxygen atoms in total. The van der Waals surface area contributed by atoms with Crippen molar-refractivity contribution in [3.63, 3.8) is 0 Å². The van der Waals surface area contributed by atoms with Gasteiger partial charge in [-0.1, -0.05) is 0 Å². The maximum absolute atomic E-state index is 11.5. The summed E-state index contributed by atoms with van der Waals surface area (Å²) in [7, 11) is 0. The average Bonchev–Trinajstić information content (AvgIpc) is 2.12. The normalized spacial score (nSPS) is 11.2. The van der Waals surface area contributed by atoms with Crippen LogP contribution in [0.5, 0.6) is 0 Å². The molecule has 0 aliphatic rings. The van der Waals surface area contributed by atoms with Gasteiger partial charge in [-0.05, 0) is 0 Å². The number of hydrogen-bond donors (Lipinski definition) is 0. The van der Waals surface area contributed by atoms with Gasteiger partial charge in [-0.3, -0.25) is 0 Å². The molecule has 0 unspecified atom stereocenters. The zero-order valence-electron chi connectivity index (χ0n) is 9.89. The summed E-state index contributed by atoms with van der Waals surface area (Å²) < 4.78 is 1.60. The molecule has 14 heavy (non-hydrogen) atoms. The quantitative estimate of drug-likeness (QED) is 0.727. The third kappa shape index (κ3) is 2.59. The van der Waals surface area contributed by atoms with Crippen molar-refractivity contribution >= 4 is 25.3 Å². The molecule has 0 fully saturated rings. The molecular weight excluding hydrogens is 239 g/mol. The van der Waals surface area contributed by atoms with E-state index in [1.807, 2.05) is 0 Å². The molecule has 0 bridgehead atoms. The van der Waals surface area contributed by atoms with Crippen molar-refractivity contribution in [2.75, 3.05) is 0 Å². The van der Waals surface area contributed by atoms with Crippen LogP contribution < -0.4 is 0 Å². The van der Waals surface area contributed by atoms with Gasteiger partial charge in [0, 0.05) is 0 Å². The second-order valence-electron chi connectivity index (χ2n) is 3.66. The third-order valence-corrected chi connectivity index (χ3v) is 14.7. The Morgan fingerprint density at radius 3 is 1.29 bits per heavy atom. The maximum atomic E-state index is 11.5. The van der Waals surface area contributed by atoms with Gasteiger partial charge in [0.25, 0.3) is 0 Å². The molecule has 0 N–H and O–H groups in total. The monoisotopic (exact) mass is 261 g/mol. The minimum atomic E-state index is -2.38. The number of rotatable bonds is 4. The zero-order valence-corrected chi connectivity index (χ0v) is 12.0. The van der Waals surface area contributed by atoms with Gasteiger partial charge < -0.3 is 0 Å². The van der Waals surface area contributed by atoms with Gasteiger partial charge in [-0.15, -0.1) is 0 Å². The van der Waals surface area contributed by atoms with Crippen LogP contribution in [0.3, 0.4) is 0 Å². The van der Waals surface area contributed by atoms with E-state index in [9.17, 15) is 9.59 Å². The number of amides is 2. The van der Waals surface area contributed by atoms with E-state index in [1.54, 1.807) is 3.86 Å². The third-order valence-electron chi connectivity index (χ3n) is 3.08. The Morgan fingerprint density at radius 1 is 0.929 bits per heavy atom. The van der Waals surface area contributed by atoms with Gasteiger partial charge in [-0.25, -0.2) is 0 Å². The molecule has 0 aliphatic carbocycles. The summed E-state index contributed by atoms with van der Waals surface area (Å²) in [5.41, 5.74) is 0. The summed E-state index contributed by atoms with van der Waals surface area (Å²) in [6.07, 6.45) is 0. The van der Waals surface area contributed by atoms with E-state index in [0.717, 1.165) is 15.8 Å². The van der Waals surface area contributed by atoms with Gasteiger partial charge in [0.05, 0.1) is 0 Å². The Hall–Kier alpha value is -0.317. The van der Waals surface area contributed by atoms with E-state index >= 15 is 0 Å². The fourth-order valence-corrected chi connectivity index (χ4v) is 10.1. The van der Waals surface area contributed by atoms with E-state index in [2.05, 4.69) is 20.8 Å². The van der Waals surface area contributed by atoms with Crippen LogP contribution in [0.25, 0.3) is 0 Å². The molecule has 0 rings (SSSR count). The summed E-state index contributed by atoms with van der Waals surface area (Å²) in [5.74, 6) is -0.133. The zero-order chi connectivity index (χ0) is 11.4. The molecule has 0 aromatic carbocycles. The molecule has 4 heteroatoms. The van der Waals surface area contributed by atoms with Crippen LogP contribution in [-0.4, -0.2) is 29.2 Å². The number of carbonyl (C=O) groups excluding carboxylic acids is 2. The molecule has 0 atom stereocenters. The van der Waals surface area contributed by atoms with Gasteiger partial charge in [0.2, 0.25) is 0 Å². The fourth-order valence-electron chi connectivity index (χ4n) is 2.11. The van der Waals surface area contributed by atoms with Crippen LogP contribution in [0.15, 0.2) is 0 Å². The van der Waals surface area contributed by atoms with Crippen LogP contribution in [0.4, 0.5) is 0 Å². The second-order valence-corrected chi connectivity index (χ2v) is 14.2. The Labute approximate surface area is 89.4 Å². The summed E-state index contributed by atoms with van der Waals surface area (Å²) in [6.45, 7) is 9.31. The van der Waals surface area contributed by atoms with Crippen molar-refractivity contribution in [3.8, 4) is 0 Å². The Bertz CT molecular complexity index is 202. The summed E-state index contributed by atoms with van der Waals surface area (Å²) in [6, 6.07) is 0. The molecule has 2 amide bonds. The van der Waals surface area contributed by atoms with Crippen LogP contribution >= 0.6 is 0 Å². The molecule has 82 valence electrons. The minimum absolute atomic E-state index is 0.0666. The Morgan fingerprint density at radius 2 is 1.21 bits per heavy atom. The summed E-state index contributed by atoms with van der Waals surface area (Å²) in [4.78, 5) is 22.9. The van der Waals surface area contributed by atoms with Crippen LogP contribution in [0, 0.1) is 0 Å². The molecule has 0 saturated carbocycles. The van der Waals surface area contributed by atoms with Crippen molar-refractivity contribution in [1.29, 1.82) is 0 Å². The Balaban J connectivity index is 5.10. The van der Waals surface area contributed by atoms with E-state index in [1.165, 1.54) is 13.8 Å². The predicted molar refractivity (Wildman–Crippen MR) is 60.4 cm³/mol. The Kier molecular flexibility index (Phi) is 5.41. The van der Waals surface area contributed by atoms with E-state index < -0.39 is 13.5 Å². The molecular formula is C10H21GeNO2. The standard InChI is InChI=1S/C10H21GeNO2/c1-6-11(7-2,8-3)12(9(4)13)10(5)14/h6-8H2,1-5H3. The van der Waals surface area contributed by atoms with Crippen molar-refractivity contribution in [3.05, 3.63) is 0 Å². The van der Waals surface area contributed by atoms with Crippen molar-refractivity contribution in [1.82, 2.24) is 3.86 Å². The van der Waals surface area contributed by atoms with Crippen LogP contribution in [0.2, 0.25) is 15.8 Å². The summed E-state index contributed by atoms with van der Waals surface area (Å²) >= 11 is -2.38. The van der Waals surface area contributed by atoms with Crippen molar-refractivity contribution < 1.29 is 9.59 Å². The number of imide groups is 1. The molecule has 0 aromatic rings. The molecule has 0 radical (unpaired) electrons. The number of carbonyl (C=O) groups is 2. The van der Waals surface area contributed by atoms with Gasteiger partial charge in [0.1, 0.15) is 0 Å². The first-order valence-electron chi connectivity index (χ1n) is 5.26. The second kappa shape index (κ2) is 5.54. The number of nitrogens with zero attached hydrogens (tertiary/aromatic N) is 1. The average molecular weight is 260 g/mol. The van der Waals surface area contributed by atoms with Gasteiger partial charge in [-0.2, -0.15) is 0 Å². The fraction of sp³-hybridized carbons (Fsp3) is 0.800. The summed E-state index contributed by atoms with van der Waals surface area (Å²) in [5, 5.41) is 3.02. The van der Waals surface area contributed by atoms with Gasteiger partial charge >= 0.3 is 89.1 Å². The first kappa shape index (κ1) is 13.7. The molecule has 0 spiro atoms. The van der Waals surface area contributed by atoms with E-state index in [4.69, 9.17) is 0 Å². The van der Waals surface area contributed by atoms with E-state index in [0.29, 0.717) is 0 Å². The number of hydrogen-bond acceptors (Lipinski definition) is 2. The molecule has 0 aromatic heterocycles. The predicted octanol–water partition coefficient (Wildman–Crippen LogP) is 2.39. The van der Waals surface area contributed by atoms with E-state index in [-0.39, 0.29) is 11.8 Å². The SMILES string of the molecule is C[CH2][Ge]([CH2]C)([CH2]C)[N](C(C)=O)C(C)=O. The topological polar surface area (TPSA) is 37.4 Å². The molecule has 0 aliphatic heterocycles. The van der Waals surface area contributed by atoms with Crippen molar-refractivity contribution in [2.45, 2.75) is 50.4 Å². The molecule has 0 heterocycles. The van der Waals surface area contributed by atoms with Crippen molar-refractivity contribution in [2.24, 2.45) is 0 Å².